The fourth-order valence-electron chi connectivity index (χ4n) is 2.75. The molecule has 3 aromatic rings. The molecule has 0 amide bonds. The van der Waals surface area contributed by atoms with Crippen molar-refractivity contribution in [3.05, 3.63) is 66.5 Å². The van der Waals surface area contributed by atoms with Crippen LogP contribution in [0.4, 0.5) is 39.5 Å². The van der Waals surface area contributed by atoms with E-state index in [0.717, 1.165) is 48.7 Å². The van der Waals surface area contributed by atoms with Crippen molar-refractivity contribution < 1.29 is 49.0 Å². The van der Waals surface area contributed by atoms with Gasteiger partial charge in [-0.05, 0) is 41.5 Å². The summed E-state index contributed by atoms with van der Waals surface area (Å²) in [6.07, 6.45) is -13.9. The van der Waals surface area contributed by atoms with Crippen molar-refractivity contribution in [1.29, 1.82) is 0 Å². The van der Waals surface area contributed by atoms with Gasteiger partial charge in [0.2, 0.25) is 0 Å². The first-order valence-electron chi connectivity index (χ1n) is 8.51. The molecule has 0 bridgehead atoms. The molecule has 0 saturated heterocycles. The zero-order valence-corrected chi connectivity index (χ0v) is 15.4. The minimum Gasteiger partial charge on any atom is -0.406 e. The second-order valence-corrected chi connectivity index (χ2v) is 6.26. The minimum absolute atomic E-state index is 0.0989. The second-order valence-electron chi connectivity index (χ2n) is 6.26. The lowest BCUT2D eigenvalue weighted by Gasteiger charge is -2.15. The van der Waals surface area contributed by atoms with Crippen molar-refractivity contribution in [3.8, 4) is 33.8 Å². The van der Waals surface area contributed by atoms with Crippen molar-refractivity contribution in [2.45, 2.75) is 18.9 Å². The predicted molar refractivity (Wildman–Crippen MR) is 93.5 cm³/mol. The average Bonchev–Trinajstić information content (AvgIpc) is 2.65. The van der Waals surface area contributed by atoms with Gasteiger partial charge in [0.1, 0.15) is 11.5 Å². The van der Waals surface area contributed by atoms with Crippen LogP contribution >= 0.6 is 0 Å². The van der Waals surface area contributed by atoms with E-state index in [4.69, 9.17) is 0 Å². The highest BCUT2D eigenvalue weighted by atomic mass is 19.4. The Labute approximate surface area is 174 Å². The van der Waals surface area contributed by atoms with Gasteiger partial charge in [0.05, 0.1) is 0 Å². The van der Waals surface area contributed by atoms with Crippen LogP contribution < -0.4 is 9.47 Å². The molecular formula is C20H10F9NO2. The fraction of sp³-hybridized carbons (Fsp3) is 0.150. The molecule has 0 unspecified atom stereocenters. The molecule has 0 fully saturated rings. The van der Waals surface area contributed by atoms with Crippen molar-refractivity contribution in [2.24, 2.45) is 0 Å². The molecule has 2 aromatic carbocycles. The highest BCUT2D eigenvalue weighted by molar-refractivity contribution is 5.74. The van der Waals surface area contributed by atoms with Crippen molar-refractivity contribution >= 4 is 0 Å². The molecule has 3 rings (SSSR count). The zero-order chi connectivity index (χ0) is 23.7. The van der Waals surface area contributed by atoms with E-state index in [1.807, 2.05) is 0 Å². The maximum Gasteiger partial charge on any atom is 0.573 e. The third kappa shape index (κ3) is 6.05. The van der Waals surface area contributed by atoms with Crippen molar-refractivity contribution in [1.82, 2.24) is 4.98 Å². The van der Waals surface area contributed by atoms with E-state index in [1.54, 1.807) is 0 Å². The first kappa shape index (κ1) is 23.2. The summed E-state index contributed by atoms with van der Waals surface area (Å²) in [4.78, 5) is 3.42. The number of rotatable bonds is 4. The van der Waals surface area contributed by atoms with Crippen LogP contribution in [0, 0.1) is 0 Å². The molecule has 0 atom stereocenters. The van der Waals surface area contributed by atoms with Gasteiger partial charge in [0.15, 0.2) is 5.69 Å². The molecule has 12 heteroatoms. The van der Waals surface area contributed by atoms with Crippen LogP contribution in [-0.2, 0) is 6.18 Å². The zero-order valence-electron chi connectivity index (χ0n) is 15.4. The Hall–Kier alpha value is -3.44. The van der Waals surface area contributed by atoms with E-state index in [0.29, 0.717) is 0 Å². The van der Waals surface area contributed by atoms with Crippen LogP contribution in [0.15, 0.2) is 60.8 Å². The van der Waals surface area contributed by atoms with Gasteiger partial charge in [-0.15, -0.1) is 26.3 Å². The summed E-state index contributed by atoms with van der Waals surface area (Å²) >= 11 is 0. The van der Waals surface area contributed by atoms with Crippen LogP contribution in [0.5, 0.6) is 11.5 Å². The Bertz CT molecular complexity index is 1070. The van der Waals surface area contributed by atoms with E-state index >= 15 is 0 Å². The van der Waals surface area contributed by atoms with Crippen molar-refractivity contribution in [3.63, 3.8) is 0 Å². The number of halogens is 9. The molecule has 3 nitrogen and oxygen atoms in total. The average molecular weight is 467 g/mol. The highest BCUT2D eigenvalue weighted by Crippen LogP contribution is 2.38. The van der Waals surface area contributed by atoms with Gasteiger partial charge in [-0.3, -0.25) is 4.98 Å². The second kappa shape index (κ2) is 8.24. The molecule has 170 valence electrons. The lowest BCUT2D eigenvalue weighted by atomic mass is 9.98. The molecule has 0 saturated carbocycles. The Kier molecular flexibility index (Phi) is 5.98. The molecule has 32 heavy (non-hydrogen) atoms. The third-order valence-electron chi connectivity index (χ3n) is 3.98. The van der Waals surface area contributed by atoms with Gasteiger partial charge >= 0.3 is 18.9 Å². The van der Waals surface area contributed by atoms with E-state index < -0.39 is 41.7 Å². The minimum atomic E-state index is -4.97. The van der Waals surface area contributed by atoms with Crippen LogP contribution in [-0.4, -0.2) is 17.7 Å². The van der Waals surface area contributed by atoms with Gasteiger partial charge in [-0.2, -0.15) is 13.2 Å². The SMILES string of the molecule is FC(F)(F)Oc1ccc(-c2cnc(C(F)(F)F)c(-c3ccc(OC(F)(F)F)cc3)c2)cc1. The molecule has 1 aromatic heterocycles. The standard InChI is InChI=1S/C20H10F9NO2/c21-18(22,23)17-16(12-3-7-15(8-4-12)32-20(27,28)29)9-13(10-30-17)11-1-5-14(6-2-11)31-19(24,25)26/h1-10H. The first-order valence-corrected chi connectivity index (χ1v) is 8.51. The largest absolute Gasteiger partial charge is 0.573 e. The Balaban J connectivity index is 1.99. The maximum absolute atomic E-state index is 13.4. The predicted octanol–water partition coefficient (Wildman–Crippen LogP) is 7.23. The number of alkyl halides is 9. The summed E-state index contributed by atoms with van der Waals surface area (Å²) < 4.78 is 121. The van der Waals surface area contributed by atoms with Crippen LogP contribution in [0.2, 0.25) is 0 Å². The molecule has 0 radical (unpaired) electrons. The lowest BCUT2D eigenvalue weighted by Crippen LogP contribution is -2.17. The first-order chi connectivity index (χ1) is 14.7. The summed E-state index contributed by atoms with van der Waals surface area (Å²) in [7, 11) is 0. The van der Waals surface area contributed by atoms with Gasteiger partial charge < -0.3 is 9.47 Å². The number of aromatic nitrogens is 1. The van der Waals surface area contributed by atoms with Crippen LogP contribution in [0.3, 0.4) is 0 Å². The summed E-state index contributed by atoms with van der Waals surface area (Å²) in [5, 5.41) is 0. The normalized spacial score (nSPS) is 12.5. The Morgan fingerprint density at radius 3 is 1.41 bits per heavy atom. The molecular weight excluding hydrogens is 457 g/mol. The molecule has 0 aliphatic carbocycles. The molecule has 0 spiro atoms. The Morgan fingerprint density at radius 2 is 1.00 bits per heavy atom. The quantitative estimate of drug-likeness (QED) is 0.380. The van der Waals surface area contributed by atoms with Gasteiger partial charge in [0, 0.05) is 17.3 Å². The van der Waals surface area contributed by atoms with E-state index in [2.05, 4.69) is 14.5 Å². The summed E-state index contributed by atoms with van der Waals surface area (Å²) in [5.41, 5.74) is -1.47. The van der Waals surface area contributed by atoms with Gasteiger partial charge in [-0.1, -0.05) is 24.3 Å². The van der Waals surface area contributed by atoms with E-state index in [9.17, 15) is 39.5 Å². The highest BCUT2D eigenvalue weighted by Gasteiger charge is 2.36. The number of ether oxygens (including phenoxy) is 2. The molecule has 0 N–H and O–H groups in total. The van der Waals surface area contributed by atoms with Crippen LogP contribution in [0.1, 0.15) is 5.69 Å². The summed E-state index contributed by atoms with van der Waals surface area (Å²) in [5.74, 6) is -1.15. The number of pyridine rings is 1. The number of nitrogens with zero attached hydrogens (tertiary/aromatic N) is 1. The maximum atomic E-state index is 13.4. The Morgan fingerprint density at radius 1 is 0.562 bits per heavy atom. The van der Waals surface area contributed by atoms with Crippen molar-refractivity contribution in [2.75, 3.05) is 0 Å². The smallest absolute Gasteiger partial charge is 0.406 e. The molecule has 0 aliphatic rings. The summed E-state index contributed by atoms with van der Waals surface area (Å²) in [6.45, 7) is 0. The van der Waals surface area contributed by atoms with E-state index in [1.165, 1.54) is 12.1 Å². The van der Waals surface area contributed by atoms with Gasteiger partial charge in [-0.25, -0.2) is 0 Å². The monoisotopic (exact) mass is 467 g/mol. The number of hydrogen-bond donors (Lipinski definition) is 0. The topological polar surface area (TPSA) is 31.4 Å². The third-order valence-corrected chi connectivity index (χ3v) is 3.98. The molecule has 0 aliphatic heterocycles. The number of benzene rings is 2. The van der Waals surface area contributed by atoms with Crippen LogP contribution in [0.25, 0.3) is 22.3 Å². The van der Waals surface area contributed by atoms with Gasteiger partial charge in [0.25, 0.3) is 0 Å². The summed E-state index contributed by atoms with van der Waals surface area (Å²) in [6, 6.07) is 9.10. The fourth-order valence-corrected chi connectivity index (χ4v) is 2.75. The number of hydrogen-bond acceptors (Lipinski definition) is 3. The lowest BCUT2D eigenvalue weighted by molar-refractivity contribution is -0.275. The molecule has 1 heterocycles. The van der Waals surface area contributed by atoms with E-state index in [-0.39, 0.29) is 16.7 Å².